The zero-order chi connectivity index (χ0) is 15.3. The maximum atomic E-state index is 12.3. The van der Waals surface area contributed by atoms with E-state index in [-0.39, 0.29) is 10.9 Å². The highest BCUT2D eigenvalue weighted by Gasteiger charge is 2.20. The Hall–Kier alpha value is -0.890. The van der Waals surface area contributed by atoms with E-state index in [0.717, 1.165) is 18.7 Å². The lowest BCUT2D eigenvalue weighted by Gasteiger charge is -2.16. The predicted molar refractivity (Wildman–Crippen MR) is 81.0 cm³/mol. The van der Waals surface area contributed by atoms with Crippen molar-refractivity contribution in [1.29, 1.82) is 0 Å². The number of hydrogen-bond acceptors (Lipinski definition) is 4. The Morgan fingerprint density at radius 2 is 2.10 bits per heavy atom. The number of nitrogens with one attached hydrogen (secondary N) is 1. The summed E-state index contributed by atoms with van der Waals surface area (Å²) in [5.74, 6) is 0. The van der Waals surface area contributed by atoms with Crippen molar-refractivity contribution >= 4 is 10.0 Å². The van der Waals surface area contributed by atoms with Crippen molar-refractivity contribution in [2.75, 3.05) is 20.6 Å². The summed E-state index contributed by atoms with van der Waals surface area (Å²) in [6.45, 7) is 5.72. The van der Waals surface area contributed by atoms with Crippen molar-refractivity contribution < 1.29 is 8.42 Å². The summed E-state index contributed by atoms with van der Waals surface area (Å²) < 4.78 is 29.2. The third kappa shape index (κ3) is 4.59. The van der Waals surface area contributed by atoms with Crippen LogP contribution >= 0.6 is 0 Å². The van der Waals surface area contributed by atoms with Crippen LogP contribution in [0.5, 0.6) is 0 Å². The standard InChI is InChI=1S/C13H26N4O2S/c1-5-17-10-13(8-12(17)9-14)20(18,19)15-11(2)6-7-16(3)4/h8,10-11,15H,5-7,9,14H2,1-4H3. The number of aryl methyl sites for hydroxylation is 1. The maximum absolute atomic E-state index is 12.3. The van der Waals surface area contributed by atoms with Gasteiger partial charge in [0.2, 0.25) is 10.0 Å². The average molecular weight is 302 g/mol. The zero-order valence-corrected chi connectivity index (χ0v) is 13.6. The smallest absolute Gasteiger partial charge is 0.242 e. The van der Waals surface area contributed by atoms with Crippen molar-refractivity contribution in [3.63, 3.8) is 0 Å². The molecule has 0 aliphatic carbocycles. The Morgan fingerprint density at radius 1 is 1.45 bits per heavy atom. The molecule has 0 bridgehead atoms. The van der Waals surface area contributed by atoms with Crippen LogP contribution in [0, 0.1) is 0 Å². The van der Waals surface area contributed by atoms with E-state index >= 15 is 0 Å². The van der Waals surface area contributed by atoms with Gasteiger partial charge in [0.25, 0.3) is 0 Å². The van der Waals surface area contributed by atoms with Crippen LogP contribution in [-0.2, 0) is 23.1 Å². The molecule has 1 aromatic rings. The Labute approximate surface area is 122 Å². The molecule has 1 aromatic heterocycles. The summed E-state index contributed by atoms with van der Waals surface area (Å²) in [7, 11) is 0.463. The van der Waals surface area contributed by atoms with Crippen LogP contribution in [0.25, 0.3) is 0 Å². The van der Waals surface area contributed by atoms with E-state index < -0.39 is 10.0 Å². The molecule has 6 nitrogen and oxygen atoms in total. The van der Waals surface area contributed by atoms with Gasteiger partial charge < -0.3 is 15.2 Å². The average Bonchev–Trinajstić information content (AvgIpc) is 2.79. The molecule has 1 atom stereocenters. The molecule has 1 unspecified atom stereocenters. The van der Waals surface area contributed by atoms with Crippen molar-refractivity contribution in [3.05, 3.63) is 18.0 Å². The lowest BCUT2D eigenvalue weighted by Crippen LogP contribution is -2.34. The van der Waals surface area contributed by atoms with E-state index in [2.05, 4.69) is 4.72 Å². The molecule has 7 heteroatoms. The van der Waals surface area contributed by atoms with Gasteiger partial charge in [0.15, 0.2) is 0 Å². The van der Waals surface area contributed by atoms with Crippen LogP contribution < -0.4 is 10.5 Å². The summed E-state index contributed by atoms with van der Waals surface area (Å²) in [4.78, 5) is 2.32. The van der Waals surface area contributed by atoms with E-state index in [4.69, 9.17) is 5.73 Å². The highest BCUT2D eigenvalue weighted by Crippen LogP contribution is 2.15. The molecule has 0 amide bonds. The van der Waals surface area contributed by atoms with Gasteiger partial charge in [-0.2, -0.15) is 0 Å². The lowest BCUT2D eigenvalue weighted by molar-refractivity contribution is 0.379. The summed E-state index contributed by atoms with van der Waals surface area (Å²) in [5.41, 5.74) is 6.45. The van der Waals surface area contributed by atoms with Crippen LogP contribution in [0.4, 0.5) is 0 Å². The fourth-order valence-corrected chi connectivity index (χ4v) is 3.32. The number of nitrogens with two attached hydrogens (primary N) is 1. The molecule has 3 N–H and O–H groups in total. The maximum Gasteiger partial charge on any atom is 0.242 e. The van der Waals surface area contributed by atoms with Gasteiger partial charge in [-0.1, -0.05) is 0 Å². The second kappa shape index (κ2) is 7.21. The predicted octanol–water partition coefficient (Wildman–Crippen LogP) is 0.585. The van der Waals surface area contributed by atoms with Gasteiger partial charge in [0.1, 0.15) is 0 Å². The van der Waals surface area contributed by atoms with Gasteiger partial charge in [0.05, 0.1) is 4.90 Å². The minimum atomic E-state index is -3.47. The summed E-state index contributed by atoms with van der Waals surface area (Å²) >= 11 is 0. The molecule has 0 saturated carbocycles. The van der Waals surface area contributed by atoms with E-state index in [1.165, 1.54) is 0 Å². The number of hydrogen-bond donors (Lipinski definition) is 2. The van der Waals surface area contributed by atoms with Crippen molar-refractivity contribution in [2.24, 2.45) is 5.73 Å². The number of sulfonamides is 1. The first-order chi connectivity index (χ1) is 9.30. The number of nitrogens with zero attached hydrogens (tertiary/aromatic N) is 2. The molecule has 1 rings (SSSR count). The molecule has 0 radical (unpaired) electrons. The van der Waals surface area contributed by atoms with Crippen LogP contribution in [0.3, 0.4) is 0 Å². The molecule has 0 spiro atoms. The lowest BCUT2D eigenvalue weighted by atomic mass is 10.2. The normalized spacial score (nSPS) is 13.9. The first-order valence-corrected chi connectivity index (χ1v) is 8.34. The third-order valence-electron chi connectivity index (χ3n) is 3.19. The zero-order valence-electron chi connectivity index (χ0n) is 12.8. The fourth-order valence-electron chi connectivity index (χ4n) is 1.98. The van der Waals surface area contributed by atoms with Gasteiger partial charge in [-0.25, -0.2) is 13.1 Å². The van der Waals surface area contributed by atoms with Gasteiger partial charge in [-0.3, -0.25) is 0 Å². The van der Waals surface area contributed by atoms with E-state index in [1.54, 1.807) is 12.3 Å². The van der Waals surface area contributed by atoms with Crippen molar-refractivity contribution in [2.45, 2.75) is 44.3 Å². The molecule has 116 valence electrons. The van der Waals surface area contributed by atoms with Crippen molar-refractivity contribution in [1.82, 2.24) is 14.2 Å². The minimum Gasteiger partial charge on any atom is -0.349 e. The Morgan fingerprint density at radius 3 is 2.55 bits per heavy atom. The van der Waals surface area contributed by atoms with Crippen LogP contribution in [0.1, 0.15) is 26.0 Å². The Balaban J connectivity index is 2.80. The quantitative estimate of drug-likeness (QED) is 0.736. The molecule has 0 fully saturated rings. The van der Waals surface area contributed by atoms with Gasteiger partial charge in [-0.05, 0) is 47.0 Å². The number of rotatable bonds is 8. The topological polar surface area (TPSA) is 80.4 Å². The molecule has 0 saturated heterocycles. The molecular formula is C13H26N4O2S. The first kappa shape index (κ1) is 17.2. The third-order valence-corrected chi connectivity index (χ3v) is 4.74. The SMILES string of the molecule is CCn1cc(S(=O)(=O)NC(C)CCN(C)C)cc1CN. The van der Waals surface area contributed by atoms with E-state index in [0.29, 0.717) is 13.1 Å². The summed E-state index contributed by atoms with van der Waals surface area (Å²) in [5, 5.41) is 0. The molecule has 20 heavy (non-hydrogen) atoms. The van der Waals surface area contributed by atoms with E-state index in [1.807, 2.05) is 37.4 Å². The van der Waals surface area contributed by atoms with E-state index in [9.17, 15) is 8.42 Å². The molecule has 0 aliphatic rings. The Bertz CT molecular complexity index is 501. The highest BCUT2D eigenvalue weighted by molar-refractivity contribution is 7.89. The highest BCUT2D eigenvalue weighted by atomic mass is 32.2. The van der Waals surface area contributed by atoms with Crippen molar-refractivity contribution in [3.8, 4) is 0 Å². The summed E-state index contributed by atoms with van der Waals surface area (Å²) in [6.07, 6.45) is 2.41. The summed E-state index contributed by atoms with van der Waals surface area (Å²) in [6, 6.07) is 1.54. The van der Waals surface area contributed by atoms with Crippen LogP contribution in [-0.4, -0.2) is 44.6 Å². The largest absolute Gasteiger partial charge is 0.349 e. The molecular weight excluding hydrogens is 276 g/mol. The van der Waals surface area contributed by atoms with Crippen LogP contribution in [0.15, 0.2) is 17.2 Å². The van der Waals surface area contributed by atoms with Gasteiger partial charge in [-0.15, -0.1) is 0 Å². The van der Waals surface area contributed by atoms with Gasteiger partial charge in [0, 0.05) is 31.0 Å². The second-order valence-corrected chi connectivity index (χ2v) is 6.99. The minimum absolute atomic E-state index is 0.103. The molecule has 0 aliphatic heterocycles. The van der Waals surface area contributed by atoms with Gasteiger partial charge >= 0.3 is 0 Å². The molecule has 1 heterocycles. The Kier molecular flexibility index (Phi) is 6.19. The fraction of sp³-hybridized carbons (Fsp3) is 0.692. The molecule has 0 aromatic carbocycles. The first-order valence-electron chi connectivity index (χ1n) is 6.86. The van der Waals surface area contributed by atoms with Crippen LogP contribution in [0.2, 0.25) is 0 Å². The monoisotopic (exact) mass is 302 g/mol. The second-order valence-electron chi connectivity index (χ2n) is 5.27. The number of aromatic nitrogens is 1.